The minimum absolute atomic E-state index is 0.131. The maximum atomic E-state index is 3.74. The van der Waals surface area contributed by atoms with Crippen molar-refractivity contribution in [3.8, 4) is 0 Å². The third-order valence-corrected chi connectivity index (χ3v) is 4.78. The second-order valence-corrected chi connectivity index (χ2v) is 5.84. The fourth-order valence-corrected chi connectivity index (χ4v) is 3.30. The molecule has 2 aromatic carbocycles. The molecule has 0 aromatic heterocycles. The van der Waals surface area contributed by atoms with E-state index >= 15 is 0 Å². The predicted molar refractivity (Wildman–Crippen MR) is 83.6 cm³/mol. The Hall–Kier alpha value is -1.64. The van der Waals surface area contributed by atoms with E-state index in [0.717, 1.165) is 13.1 Å². The van der Waals surface area contributed by atoms with Crippen molar-refractivity contribution in [1.29, 1.82) is 0 Å². The van der Waals surface area contributed by atoms with E-state index in [0.29, 0.717) is 0 Å². The fourth-order valence-electron chi connectivity index (χ4n) is 3.30. The summed E-state index contributed by atoms with van der Waals surface area (Å²) in [6.45, 7) is 6.55. The van der Waals surface area contributed by atoms with Crippen molar-refractivity contribution in [2.75, 3.05) is 13.1 Å². The highest BCUT2D eigenvalue weighted by Gasteiger charge is 2.48. The Labute approximate surface area is 121 Å². The second kappa shape index (κ2) is 5.04. The third kappa shape index (κ3) is 1.96. The number of rotatable bonds is 2. The van der Waals surface area contributed by atoms with Gasteiger partial charge in [0.15, 0.2) is 0 Å². The second-order valence-electron chi connectivity index (χ2n) is 5.84. The molecule has 1 saturated heterocycles. The Morgan fingerprint density at radius 1 is 0.650 bits per heavy atom. The maximum Gasteiger partial charge on any atom is 0.0630 e. The van der Waals surface area contributed by atoms with E-state index in [-0.39, 0.29) is 11.1 Å². The normalized spacial score (nSPS) is 30.1. The minimum atomic E-state index is -0.131. The first-order chi connectivity index (χ1) is 9.67. The van der Waals surface area contributed by atoms with Gasteiger partial charge in [-0.15, -0.1) is 0 Å². The van der Waals surface area contributed by atoms with Crippen LogP contribution in [-0.4, -0.2) is 13.1 Å². The van der Waals surface area contributed by atoms with Crippen LogP contribution in [0.5, 0.6) is 0 Å². The molecular formula is C18H22N2. The molecule has 2 N–H and O–H groups in total. The molecule has 0 amide bonds. The van der Waals surface area contributed by atoms with Crippen LogP contribution in [0.25, 0.3) is 0 Å². The molecule has 1 heterocycles. The third-order valence-electron chi connectivity index (χ3n) is 4.78. The van der Waals surface area contributed by atoms with Crippen molar-refractivity contribution in [1.82, 2.24) is 10.6 Å². The lowest BCUT2D eigenvalue weighted by Gasteiger charge is -2.52. The molecule has 0 bridgehead atoms. The van der Waals surface area contributed by atoms with Crippen molar-refractivity contribution in [2.45, 2.75) is 24.9 Å². The molecule has 1 aliphatic heterocycles. The summed E-state index contributed by atoms with van der Waals surface area (Å²) >= 11 is 0. The van der Waals surface area contributed by atoms with Crippen molar-refractivity contribution in [3.05, 3.63) is 71.8 Å². The van der Waals surface area contributed by atoms with Gasteiger partial charge in [-0.05, 0) is 25.0 Å². The van der Waals surface area contributed by atoms with Gasteiger partial charge >= 0.3 is 0 Å². The molecule has 3 rings (SSSR count). The molecule has 0 spiro atoms. The molecule has 2 atom stereocenters. The molecule has 2 aromatic rings. The fraction of sp³-hybridized carbons (Fsp3) is 0.333. The number of hydrogen-bond donors (Lipinski definition) is 2. The van der Waals surface area contributed by atoms with Gasteiger partial charge in [-0.3, -0.25) is 0 Å². The molecule has 0 unspecified atom stereocenters. The average molecular weight is 266 g/mol. The lowest BCUT2D eigenvalue weighted by molar-refractivity contribution is 0.123. The van der Waals surface area contributed by atoms with E-state index in [9.17, 15) is 0 Å². The van der Waals surface area contributed by atoms with Gasteiger partial charge in [0.2, 0.25) is 0 Å². The monoisotopic (exact) mass is 266 g/mol. The van der Waals surface area contributed by atoms with Gasteiger partial charge in [0, 0.05) is 13.1 Å². The molecule has 2 nitrogen and oxygen atoms in total. The summed E-state index contributed by atoms with van der Waals surface area (Å²) in [6, 6.07) is 21.4. The Kier molecular flexibility index (Phi) is 3.36. The van der Waals surface area contributed by atoms with Crippen LogP contribution in [0.2, 0.25) is 0 Å². The van der Waals surface area contributed by atoms with Gasteiger partial charge in [0.1, 0.15) is 0 Å². The van der Waals surface area contributed by atoms with Crippen LogP contribution in [0.4, 0.5) is 0 Å². The van der Waals surface area contributed by atoms with Crippen LogP contribution in [0.15, 0.2) is 60.7 Å². The molecule has 0 saturated carbocycles. The molecule has 104 valence electrons. The number of nitrogens with one attached hydrogen (secondary N) is 2. The molecule has 1 fully saturated rings. The van der Waals surface area contributed by atoms with Crippen LogP contribution in [-0.2, 0) is 11.1 Å². The number of hydrogen-bond acceptors (Lipinski definition) is 2. The summed E-state index contributed by atoms with van der Waals surface area (Å²) in [4.78, 5) is 0. The van der Waals surface area contributed by atoms with Crippen LogP contribution in [0.1, 0.15) is 25.0 Å². The van der Waals surface area contributed by atoms with Gasteiger partial charge in [-0.2, -0.15) is 0 Å². The predicted octanol–water partition coefficient (Wildman–Crippen LogP) is 3.01. The zero-order valence-corrected chi connectivity index (χ0v) is 12.2. The van der Waals surface area contributed by atoms with E-state index in [4.69, 9.17) is 0 Å². The molecule has 20 heavy (non-hydrogen) atoms. The van der Waals surface area contributed by atoms with Gasteiger partial charge in [-0.1, -0.05) is 60.7 Å². The lowest BCUT2D eigenvalue weighted by Crippen LogP contribution is -2.67. The standard InChI is InChI=1S/C18H22N2/c1-17(15-9-5-3-6-10-15)18(2,20-14-13-19-17)16-11-7-4-8-12-16/h3-12,19-20H,13-14H2,1-2H3/t17-,18-/m0/s1. The summed E-state index contributed by atoms with van der Waals surface area (Å²) < 4.78 is 0. The smallest absolute Gasteiger partial charge is 0.0630 e. The van der Waals surface area contributed by atoms with Crippen molar-refractivity contribution in [3.63, 3.8) is 0 Å². The zero-order chi connectivity index (χ0) is 14.1. The molecule has 1 aliphatic rings. The van der Waals surface area contributed by atoms with Crippen LogP contribution in [0.3, 0.4) is 0 Å². The SMILES string of the molecule is C[C@@]1(c2ccccc2)NCCN[C@@]1(C)c1ccccc1. The van der Waals surface area contributed by atoms with E-state index in [1.807, 2.05) is 0 Å². The highest BCUT2D eigenvalue weighted by Crippen LogP contribution is 2.41. The van der Waals surface area contributed by atoms with Gasteiger partial charge in [0.25, 0.3) is 0 Å². The van der Waals surface area contributed by atoms with E-state index in [1.165, 1.54) is 11.1 Å². The zero-order valence-electron chi connectivity index (χ0n) is 12.2. The first-order valence-corrected chi connectivity index (χ1v) is 7.28. The first kappa shape index (κ1) is 13.3. The minimum Gasteiger partial charge on any atom is -0.305 e. The number of piperazine rings is 1. The van der Waals surface area contributed by atoms with Gasteiger partial charge in [-0.25, -0.2) is 0 Å². The molecule has 0 radical (unpaired) electrons. The van der Waals surface area contributed by atoms with Crippen molar-refractivity contribution in [2.24, 2.45) is 0 Å². The van der Waals surface area contributed by atoms with Crippen molar-refractivity contribution < 1.29 is 0 Å². The summed E-state index contributed by atoms with van der Waals surface area (Å²) in [5, 5.41) is 7.48. The Morgan fingerprint density at radius 2 is 1.00 bits per heavy atom. The summed E-state index contributed by atoms with van der Waals surface area (Å²) in [5.41, 5.74) is 2.37. The Balaban J connectivity index is 2.12. The molecule has 2 heteroatoms. The molecule has 0 aliphatic carbocycles. The summed E-state index contributed by atoms with van der Waals surface area (Å²) in [7, 11) is 0. The average Bonchev–Trinajstić information content (AvgIpc) is 2.52. The van der Waals surface area contributed by atoms with E-state index < -0.39 is 0 Å². The first-order valence-electron chi connectivity index (χ1n) is 7.28. The quantitative estimate of drug-likeness (QED) is 0.873. The Morgan fingerprint density at radius 3 is 1.35 bits per heavy atom. The highest BCUT2D eigenvalue weighted by molar-refractivity contribution is 5.37. The Bertz CT molecular complexity index is 513. The maximum absolute atomic E-state index is 3.74. The largest absolute Gasteiger partial charge is 0.305 e. The lowest BCUT2D eigenvalue weighted by atomic mass is 9.69. The van der Waals surface area contributed by atoms with E-state index in [2.05, 4.69) is 85.1 Å². The summed E-state index contributed by atoms with van der Waals surface area (Å²) in [5.74, 6) is 0. The van der Waals surface area contributed by atoms with Crippen LogP contribution in [0, 0.1) is 0 Å². The van der Waals surface area contributed by atoms with Crippen LogP contribution < -0.4 is 10.6 Å². The molecular weight excluding hydrogens is 244 g/mol. The van der Waals surface area contributed by atoms with Gasteiger partial charge in [0.05, 0.1) is 11.1 Å². The van der Waals surface area contributed by atoms with E-state index in [1.54, 1.807) is 0 Å². The highest BCUT2D eigenvalue weighted by atomic mass is 15.2. The van der Waals surface area contributed by atoms with Gasteiger partial charge < -0.3 is 10.6 Å². The number of benzene rings is 2. The van der Waals surface area contributed by atoms with Crippen LogP contribution >= 0.6 is 0 Å². The topological polar surface area (TPSA) is 24.1 Å². The summed E-state index contributed by atoms with van der Waals surface area (Å²) in [6.07, 6.45) is 0. The van der Waals surface area contributed by atoms with Crippen molar-refractivity contribution >= 4 is 0 Å².